The normalized spacial score (nSPS) is 13.4. The van der Waals surface area contributed by atoms with Gasteiger partial charge in [0.2, 0.25) is 0 Å². The van der Waals surface area contributed by atoms with E-state index in [-0.39, 0.29) is 0 Å². The first kappa shape index (κ1) is 25.9. The van der Waals surface area contributed by atoms with Gasteiger partial charge >= 0.3 is 0 Å². The highest BCUT2D eigenvalue weighted by Crippen LogP contribution is 2.34. The van der Waals surface area contributed by atoms with Gasteiger partial charge in [0.25, 0.3) is 0 Å². The minimum absolute atomic E-state index is 0.505. The molecule has 0 amide bonds. The van der Waals surface area contributed by atoms with E-state index < -0.39 is 0 Å². The van der Waals surface area contributed by atoms with E-state index in [1.807, 2.05) is 27.7 Å². The van der Waals surface area contributed by atoms with Crippen molar-refractivity contribution < 1.29 is 0 Å². The summed E-state index contributed by atoms with van der Waals surface area (Å²) in [5, 5.41) is 0. The Labute approximate surface area is 138 Å². The zero-order chi connectivity index (χ0) is 17.3. The van der Waals surface area contributed by atoms with Crippen molar-refractivity contribution in [2.45, 2.75) is 121 Å². The molecule has 0 aromatic heterocycles. The van der Waals surface area contributed by atoms with Crippen LogP contribution in [0.5, 0.6) is 0 Å². The average Bonchev–Trinajstić information content (AvgIpc) is 2.49. The Kier molecular flexibility index (Phi) is 22.3. The fourth-order valence-corrected chi connectivity index (χ4v) is 2.55. The third-order valence-electron chi connectivity index (χ3n) is 4.33. The molecule has 0 N–H and O–H groups in total. The molecule has 0 aromatic carbocycles. The molecule has 132 valence electrons. The molecule has 0 fully saturated rings. The number of unbranched alkanes of at least 4 members (excludes halogenated alkanes) is 2. The van der Waals surface area contributed by atoms with Gasteiger partial charge < -0.3 is 0 Å². The van der Waals surface area contributed by atoms with Crippen molar-refractivity contribution in [1.82, 2.24) is 0 Å². The Morgan fingerprint density at radius 2 is 1.14 bits per heavy atom. The lowest BCUT2D eigenvalue weighted by Crippen LogP contribution is -2.20. The van der Waals surface area contributed by atoms with Crippen LogP contribution in [0.4, 0.5) is 0 Å². The topological polar surface area (TPSA) is 0 Å². The first-order valence-corrected chi connectivity index (χ1v) is 9.91. The molecule has 0 nitrogen and oxygen atoms in total. The van der Waals surface area contributed by atoms with E-state index >= 15 is 0 Å². The quantitative estimate of drug-likeness (QED) is 0.374. The standard InChI is InChI=1S/C17H36.2C2H6/c1-7-9-13-16(17(4,5)6)14-11-10-12-15(3)8-2;2*1-2/h15-16H,7-14H2,1-6H3;2*1-2H3. The Bertz CT molecular complexity index is 163. The summed E-state index contributed by atoms with van der Waals surface area (Å²) < 4.78 is 0. The van der Waals surface area contributed by atoms with E-state index in [2.05, 4.69) is 41.5 Å². The van der Waals surface area contributed by atoms with Gasteiger partial charge in [0.15, 0.2) is 0 Å². The Morgan fingerprint density at radius 1 is 0.714 bits per heavy atom. The van der Waals surface area contributed by atoms with E-state index in [1.165, 1.54) is 51.4 Å². The Hall–Kier alpha value is 0. The molecular weight excluding hydrogens is 252 g/mol. The molecule has 0 aromatic rings. The van der Waals surface area contributed by atoms with Gasteiger partial charge in [0, 0.05) is 0 Å². The second-order valence-electron chi connectivity index (χ2n) is 7.00. The second kappa shape index (κ2) is 18.1. The van der Waals surface area contributed by atoms with Crippen LogP contribution in [0.25, 0.3) is 0 Å². The molecule has 0 heteroatoms. The van der Waals surface area contributed by atoms with Gasteiger partial charge in [-0.1, -0.05) is 108 Å². The van der Waals surface area contributed by atoms with Gasteiger partial charge in [-0.25, -0.2) is 0 Å². The maximum Gasteiger partial charge on any atom is -0.0354 e. The van der Waals surface area contributed by atoms with Gasteiger partial charge in [0.05, 0.1) is 0 Å². The lowest BCUT2D eigenvalue weighted by molar-refractivity contribution is 0.201. The monoisotopic (exact) mass is 300 g/mol. The predicted octanol–water partition coefficient (Wildman–Crippen LogP) is 8.50. The molecule has 0 spiro atoms. The van der Waals surface area contributed by atoms with Crippen molar-refractivity contribution in [3.63, 3.8) is 0 Å². The lowest BCUT2D eigenvalue weighted by atomic mass is 9.75. The smallest absolute Gasteiger partial charge is 0.0354 e. The van der Waals surface area contributed by atoms with Crippen LogP contribution in [0.2, 0.25) is 0 Å². The van der Waals surface area contributed by atoms with E-state index in [9.17, 15) is 0 Å². The van der Waals surface area contributed by atoms with Crippen LogP contribution in [-0.4, -0.2) is 0 Å². The Morgan fingerprint density at radius 3 is 1.52 bits per heavy atom. The molecule has 0 bridgehead atoms. The summed E-state index contributed by atoms with van der Waals surface area (Å²) in [6.45, 7) is 22.3. The van der Waals surface area contributed by atoms with Crippen LogP contribution < -0.4 is 0 Å². The zero-order valence-corrected chi connectivity index (χ0v) is 17.3. The molecule has 21 heavy (non-hydrogen) atoms. The summed E-state index contributed by atoms with van der Waals surface area (Å²) in [4.78, 5) is 0. The van der Waals surface area contributed by atoms with Gasteiger partial charge in [-0.2, -0.15) is 0 Å². The maximum atomic E-state index is 2.42. The van der Waals surface area contributed by atoms with Crippen molar-refractivity contribution in [2.24, 2.45) is 17.3 Å². The summed E-state index contributed by atoms with van der Waals surface area (Å²) in [5.74, 6) is 1.86. The molecule has 0 radical (unpaired) electrons. The number of hydrogen-bond donors (Lipinski definition) is 0. The van der Waals surface area contributed by atoms with E-state index in [0.717, 1.165) is 11.8 Å². The number of hydrogen-bond acceptors (Lipinski definition) is 0. The molecule has 0 aliphatic carbocycles. The third kappa shape index (κ3) is 18.0. The van der Waals surface area contributed by atoms with Crippen molar-refractivity contribution in [1.29, 1.82) is 0 Å². The predicted molar refractivity (Wildman–Crippen MR) is 103 cm³/mol. The molecule has 0 saturated heterocycles. The summed E-state index contributed by atoms with van der Waals surface area (Å²) in [6, 6.07) is 0. The highest BCUT2D eigenvalue weighted by molar-refractivity contribution is 4.74. The number of rotatable bonds is 9. The lowest BCUT2D eigenvalue weighted by Gasteiger charge is -2.31. The summed E-state index contributed by atoms with van der Waals surface area (Å²) in [5.41, 5.74) is 0.505. The first-order chi connectivity index (χ1) is 9.91. The van der Waals surface area contributed by atoms with E-state index in [0.29, 0.717) is 5.41 Å². The van der Waals surface area contributed by atoms with Gasteiger partial charge in [-0.05, 0) is 30.1 Å². The maximum absolute atomic E-state index is 2.42. The Balaban J connectivity index is -0.000000739. The van der Waals surface area contributed by atoms with Crippen molar-refractivity contribution in [2.75, 3.05) is 0 Å². The van der Waals surface area contributed by atoms with Crippen molar-refractivity contribution in [3.05, 3.63) is 0 Å². The fourth-order valence-electron chi connectivity index (χ4n) is 2.55. The van der Waals surface area contributed by atoms with Gasteiger partial charge in [-0.15, -0.1) is 0 Å². The SMILES string of the molecule is CC.CC.CCCCC(CCCCC(C)CC)C(C)(C)C. The first-order valence-electron chi connectivity index (χ1n) is 9.91. The largest absolute Gasteiger partial charge is 0.0683 e. The van der Waals surface area contributed by atoms with E-state index in [1.54, 1.807) is 0 Å². The van der Waals surface area contributed by atoms with Crippen LogP contribution in [0.15, 0.2) is 0 Å². The minimum atomic E-state index is 0.505. The highest BCUT2D eigenvalue weighted by atomic mass is 14.3. The second-order valence-corrected chi connectivity index (χ2v) is 7.00. The summed E-state index contributed by atoms with van der Waals surface area (Å²) in [6.07, 6.45) is 11.3. The van der Waals surface area contributed by atoms with Crippen LogP contribution >= 0.6 is 0 Å². The van der Waals surface area contributed by atoms with Crippen LogP contribution in [0.1, 0.15) is 121 Å². The molecule has 2 unspecified atom stereocenters. The molecular formula is C21H48. The highest BCUT2D eigenvalue weighted by Gasteiger charge is 2.23. The van der Waals surface area contributed by atoms with Crippen LogP contribution in [0, 0.1) is 17.3 Å². The summed E-state index contributed by atoms with van der Waals surface area (Å²) >= 11 is 0. The molecule has 0 rings (SSSR count). The van der Waals surface area contributed by atoms with Crippen molar-refractivity contribution in [3.8, 4) is 0 Å². The summed E-state index contributed by atoms with van der Waals surface area (Å²) in [7, 11) is 0. The average molecular weight is 301 g/mol. The molecule has 0 aliphatic heterocycles. The van der Waals surface area contributed by atoms with E-state index in [4.69, 9.17) is 0 Å². The third-order valence-corrected chi connectivity index (χ3v) is 4.33. The van der Waals surface area contributed by atoms with Crippen LogP contribution in [0.3, 0.4) is 0 Å². The molecule has 0 saturated carbocycles. The van der Waals surface area contributed by atoms with Gasteiger partial charge in [-0.3, -0.25) is 0 Å². The molecule has 0 aliphatic rings. The van der Waals surface area contributed by atoms with Crippen molar-refractivity contribution >= 4 is 0 Å². The zero-order valence-electron chi connectivity index (χ0n) is 17.3. The molecule has 2 atom stereocenters. The minimum Gasteiger partial charge on any atom is -0.0683 e. The fraction of sp³-hybridized carbons (Fsp3) is 1.00. The van der Waals surface area contributed by atoms with Gasteiger partial charge in [0.1, 0.15) is 0 Å². The van der Waals surface area contributed by atoms with Crippen LogP contribution in [-0.2, 0) is 0 Å². The molecule has 0 heterocycles.